The number of piperidine rings is 1. The summed E-state index contributed by atoms with van der Waals surface area (Å²) >= 11 is 0. The Balaban J connectivity index is 1.42. The number of amides is 1. The molecule has 0 N–H and O–H groups in total. The van der Waals surface area contributed by atoms with Crippen LogP contribution in [0.4, 0.5) is 0 Å². The number of piperazine rings is 1. The zero-order chi connectivity index (χ0) is 23.8. The molecule has 4 rings (SSSR count). The zero-order valence-electron chi connectivity index (χ0n) is 18.7. The van der Waals surface area contributed by atoms with Gasteiger partial charge in [0, 0.05) is 44.8 Å². The molecule has 180 valence electrons. The van der Waals surface area contributed by atoms with Gasteiger partial charge in [-0.1, -0.05) is 11.6 Å². The molecule has 12 heteroatoms. The van der Waals surface area contributed by atoms with Gasteiger partial charge < -0.3 is 9.42 Å². The van der Waals surface area contributed by atoms with E-state index < -0.39 is 20.0 Å². The quantitative estimate of drug-likeness (QED) is 0.616. The van der Waals surface area contributed by atoms with Gasteiger partial charge in [-0.2, -0.15) is 8.61 Å². The standard InChI is InChI=1S/C21H28N4O6S2/c1-16-20(17(2)31-22-16)33(29,30)25-14-12-23(13-15-25)21(26)18-6-8-19(9-7-18)32(27,28)24-10-4-3-5-11-24/h6-9H,3-5,10-15H2,1-2H3. The number of rotatable bonds is 5. The molecule has 0 bridgehead atoms. The molecule has 10 nitrogen and oxygen atoms in total. The molecule has 2 aliphatic heterocycles. The molecule has 0 atom stereocenters. The van der Waals surface area contributed by atoms with Crippen LogP contribution in [0.15, 0.2) is 38.6 Å². The van der Waals surface area contributed by atoms with Gasteiger partial charge >= 0.3 is 0 Å². The van der Waals surface area contributed by atoms with Crippen molar-refractivity contribution in [1.29, 1.82) is 0 Å². The van der Waals surface area contributed by atoms with E-state index in [0.29, 0.717) is 24.3 Å². The average Bonchev–Trinajstić information content (AvgIpc) is 3.18. The molecule has 0 unspecified atom stereocenters. The summed E-state index contributed by atoms with van der Waals surface area (Å²) in [4.78, 5) is 14.8. The van der Waals surface area contributed by atoms with Gasteiger partial charge in [0.2, 0.25) is 20.0 Å². The molecule has 1 amide bonds. The molecule has 0 saturated carbocycles. The summed E-state index contributed by atoms with van der Waals surface area (Å²) in [6, 6.07) is 5.98. The van der Waals surface area contributed by atoms with E-state index in [-0.39, 0.29) is 47.6 Å². The summed E-state index contributed by atoms with van der Waals surface area (Å²) in [5.74, 6) is -0.0168. The van der Waals surface area contributed by atoms with Gasteiger partial charge in [0.1, 0.15) is 10.6 Å². The van der Waals surface area contributed by atoms with E-state index in [0.717, 1.165) is 19.3 Å². The smallest absolute Gasteiger partial charge is 0.253 e. The fourth-order valence-electron chi connectivity index (χ4n) is 4.31. The van der Waals surface area contributed by atoms with E-state index in [2.05, 4.69) is 5.16 Å². The first-order valence-electron chi connectivity index (χ1n) is 10.9. The van der Waals surface area contributed by atoms with Crippen LogP contribution in [0.25, 0.3) is 0 Å². The number of carbonyl (C=O) groups excluding carboxylic acids is 1. The Bertz CT molecular complexity index is 1200. The van der Waals surface area contributed by atoms with E-state index in [1.807, 2.05) is 0 Å². The molecule has 2 aromatic rings. The minimum Gasteiger partial charge on any atom is -0.360 e. The first kappa shape index (κ1) is 23.9. The lowest BCUT2D eigenvalue weighted by atomic mass is 10.2. The zero-order valence-corrected chi connectivity index (χ0v) is 20.4. The highest BCUT2D eigenvalue weighted by atomic mass is 32.2. The van der Waals surface area contributed by atoms with Gasteiger partial charge in [0.05, 0.1) is 4.90 Å². The fourth-order valence-corrected chi connectivity index (χ4v) is 7.54. The molecule has 0 radical (unpaired) electrons. The van der Waals surface area contributed by atoms with Gasteiger partial charge in [0.15, 0.2) is 5.76 Å². The highest BCUT2D eigenvalue weighted by Gasteiger charge is 2.34. The number of benzene rings is 1. The second-order valence-corrected chi connectivity index (χ2v) is 12.2. The van der Waals surface area contributed by atoms with Gasteiger partial charge in [-0.25, -0.2) is 16.8 Å². The van der Waals surface area contributed by atoms with Crippen molar-refractivity contribution in [2.75, 3.05) is 39.3 Å². The normalized spacial score (nSPS) is 19.0. The Morgan fingerprint density at radius 2 is 1.39 bits per heavy atom. The summed E-state index contributed by atoms with van der Waals surface area (Å²) < 4.78 is 59.3. The topological polar surface area (TPSA) is 121 Å². The van der Waals surface area contributed by atoms with E-state index in [1.165, 1.54) is 32.9 Å². The third-order valence-corrected chi connectivity index (χ3v) is 10.2. The number of hydrogen-bond acceptors (Lipinski definition) is 7. The Morgan fingerprint density at radius 1 is 0.818 bits per heavy atom. The lowest BCUT2D eigenvalue weighted by Crippen LogP contribution is -2.50. The maximum Gasteiger partial charge on any atom is 0.253 e. The fraction of sp³-hybridized carbons (Fsp3) is 0.524. The molecular weight excluding hydrogens is 468 g/mol. The minimum absolute atomic E-state index is 0.0766. The molecule has 33 heavy (non-hydrogen) atoms. The number of carbonyl (C=O) groups is 1. The van der Waals surface area contributed by atoms with E-state index in [1.54, 1.807) is 18.7 Å². The van der Waals surface area contributed by atoms with Crippen molar-refractivity contribution in [2.24, 2.45) is 0 Å². The van der Waals surface area contributed by atoms with Crippen LogP contribution in [0, 0.1) is 13.8 Å². The van der Waals surface area contributed by atoms with E-state index >= 15 is 0 Å². The summed E-state index contributed by atoms with van der Waals surface area (Å²) in [5, 5.41) is 3.72. The summed E-state index contributed by atoms with van der Waals surface area (Å²) in [7, 11) is -7.32. The SMILES string of the molecule is Cc1noc(C)c1S(=O)(=O)N1CCN(C(=O)c2ccc(S(=O)(=O)N3CCCCC3)cc2)CC1. The molecule has 2 fully saturated rings. The van der Waals surface area contributed by atoms with E-state index in [9.17, 15) is 21.6 Å². The number of aryl methyl sites for hydroxylation is 2. The third kappa shape index (κ3) is 4.57. The Labute approximate surface area is 194 Å². The van der Waals surface area contributed by atoms with Crippen molar-refractivity contribution >= 4 is 26.0 Å². The van der Waals surface area contributed by atoms with Crippen LogP contribution in [0.2, 0.25) is 0 Å². The maximum atomic E-state index is 13.0. The molecule has 3 heterocycles. The number of sulfonamides is 2. The highest BCUT2D eigenvalue weighted by Crippen LogP contribution is 2.25. The Kier molecular flexibility index (Phi) is 6.63. The monoisotopic (exact) mass is 496 g/mol. The maximum absolute atomic E-state index is 13.0. The lowest BCUT2D eigenvalue weighted by molar-refractivity contribution is 0.0697. The van der Waals surface area contributed by atoms with Crippen molar-refractivity contribution in [1.82, 2.24) is 18.7 Å². The van der Waals surface area contributed by atoms with Gasteiger partial charge in [0.25, 0.3) is 5.91 Å². The Hall–Kier alpha value is -2.28. The minimum atomic E-state index is -3.76. The summed E-state index contributed by atoms with van der Waals surface area (Å²) in [6.45, 7) is 4.94. The van der Waals surface area contributed by atoms with Gasteiger partial charge in [-0.15, -0.1) is 0 Å². The number of aromatic nitrogens is 1. The van der Waals surface area contributed by atoms with Crippen molar-refractivity contribution in [3.05, 3.63) is 41.3 Å². The van der Waals surface area contributed by atoms with Gasteiger partial charge in [-0.3, -0.25) is 4.79 Å². The molecule has 2 saturated heterocycles. The first-order chi connectivity index (χ1) is 15.6. The van der Waals surface area contributed by atoms with Crippen LogP contribution in [0.5, 0.6) is 0 Å². The van der Waals surface area contributed by atoms with Crippen LogP contribution < -0.4 is 0 Å². The van der Waals surface area contributed by atoms with Crippen LogP contribution in [-0.4, -0.2) is 80.7 Å². The molecule has 0 aliphatic carbocycles. The van der Waals surface area contributed by atoms with Crippen LogP contribution in [0.3, 0.4) is 0 Å². The molecule has 1 aromatic heterocycles. The average molecular weight is 497 g/mol. The van der Waals surface area contributed by atoms with Crippen LogP contribution in [0.1, 0.15) is 41.1 Å². The Morgan fingerprint density at radius 3 is 1.94 bits per heavy atom. The second kappa shape index (κ2) is 9.16. The second-order valence-electron chi connectivity index (χ2n) is 8.34. The van der Waals surface area contributed by atoms with Crippen LogP contribution >= 0.6 is 0 Å². The predicted octanol–water partition coefficient (Wildman–Crippen LogP) is 1.61. The molecular formula is C21H28N4O6S2. The predicted molar refractivity (Wildman–Crippen MR) is 120 cm³/mol. The van der Waals surface area contributed by atoms with Crippen molar-refractivity contribution in [2.45, 2.75) is 42.9 Å². The first-order valence-corrected chi connectivity index (χ1v) is 13.8. The lowest BCUT2D eigenvalue weighted by Gasteiger charge is -2.34. The van der Waals surface area contributed by atoms with Crippen molar-refractivity contribution in [3.8, 4) is 0 Å². The number of nitrogens with zero attached hydrogens (tertiary/aromatic N) is 4. The molecule has 1 aromatic carbocycles. The number of hydrogen-bond donors (Lipinski definition) is 0. The van der Waals surface area contributed by atoms with E-state index in [4.69, 9.17) is 4.52 Å². The summed E-state index contributed by atoms with van der Waals surface area (Å²) in [6.07, 6.45) is 2.74. The molecule has 0 spiro atoms. The highest BCUT2D eigenvalue weighted by molar-refractivity contribution is 7.89. The third-order valence-electron chi connectivity index (χ3n) is 6.15. The van der Waals surface area contributed by atoms with Crippen LogP contribution in [-0.2, 0) is 20.0 Å². The van der Waals surface area contributed by atoms with Gasteiger partial charge in [-0.05, 0) is 51.0 Å². The molecule has 2 aliphatic rings. The van der Waals surface area contributed by atoms with Crippen molar-refractivity contribution in [3.63, 3.8) is 0 Å². The summed E-state index contributed by atoms with van der Waals surface area (Å²) in [5.41, 5.74) is 0.681. The van der Waals surface area contributed by atoms with Crippen molar-refractivity contribution < 1.29 is 26.2 Å². The largest absolute Gasteiger partial charge is 0.360 e.